The van der Waals surface area contributed by atoms with Gasteiger partial charge in [0.2, 0.25) is 5.95 Å². The number of imidazole rings is 1. The summed E-state index contributed by atoms with van der Waals surface area (Å²) in [4.78, 5) is 26.2. The van der Waals surface area contributed by atoms with E-state index in [-0.39, 0.29) is 17.5 Å². The van der Waals surface area contributed by atoms with Crippen LogP contribution < -0.4 is 10.6 Å². The fourth-order valence-corrected chi connectivity index (χ4v) is 3.63. The second kappa shape index (κ2) is 9.55. The Morgan fingerprint density at radius 3 is 2.71 bits per heavy atom. The molecular weight excluding hydrogens is 527 g/mol. The summed E-state index contributed by atoms with van der Waals surface area (Å²) >= 11 is 9.27. The van der Waals surface area contributed by atoms with E-state index in [0.29, 0.717) is 32.8 Å². The molecule has 176 valence electrons. The Kier molecular flexibility index (Phi) is 6.72. The number of aromatic nitrogens is 4. The summed E-state index contributed by atoms with van der Waals surface area (Å²) in [6.07, 6.45) is 1.05. The van der Waals surface area contributed by atoms with Gasteiger partial charge in [0.25, 0.3) is 0 Å². The molecule has 0 atom stereocenters. The third-order valence-corrected chi connectivity index (χ3v) is 5.41. The first kappa shape index (κ1) is 23.9. The minimum atomic E-state index is -0.660. The van der Waals surface area contributed by atoms with E-state index < -0.39 is 17.5 Å². The molecule has 4 aromatic rings. The van der Waals surface area contributed by atoms with Crippen LogP contribution in [-0.2, 0) is 11.3 Å². The molecule has 34 heavy (non-hydrogen) atoms. The summed E-state index contributed by atoms with van der Waals surface area (Å²) in [5, 5.41) is 6.15. The molecule has 0 unspecified atom stereocenters. The van der Waals surface area contributed by atoms with Crippen molar-refractivity contribution in [2.24, 2.45) is 0 Å². The van der Waals surface area contributed by atoms with Crippen LogP contribution in [0.2, 0.25) is 5.02 Å². The minimum absolute atomic E-state index is 0.0125. The van der Waals surface area contributed by atoms with E-state index in [1.54, 1.807) is 6.20 Å². The number of carbonyl (C=O) groups excluding carboxylic acids is 1. The van der Waals surface area contributed by atoms with Gasteiger partial charge in [0.1, 0.15) is 23.1 Å². The number of para-hydroxylation sites is 2. The third-order valence-electron chi connectivity index (χ3n) is 4.54. The maximum absolute atomic E-state index is 13.4. The Labute approximate surface area is 208 Å². The van der Waals surface area contributed by atoms with Crippen molar-refractivity contribution in [2.45, 2.75) is 32.9 Å². The molecule has 0 fully saturated rings. The lowest BCUT2D eigenvalue weighted by molar-refractivity contribution is 0.0539. The molecule has 11 heteroatoms. The number of benzene rings is 2. The van der Waals surface area contributed by atoms with Gasteiger partial charge in [-0.25, -0.2) is 23.7 Å². The van der Waals surface area contributed by atoms with Gasteiger partial charge in [-0.3, -0.25) is 0 Å². The van der Waals surface area contributed by atoms with Crippen molar-refractivity contribution in [3.05, 3.63) is 69.8 Å². The zero-order valence-corrected chi connectivity index (χ0v) is 20.9. The first-order valence-corrected chi connectivity index (χ1v) is 11.5. The molecule has 0 spiro atoms. The molecule has 0 aliphatic carbocycles. The topological polar surface area (TPSA) is 94.0 Å². The fourth-order valence-electron chi connectivity index (χ4n) is 3.12. The molecule has 2 heterocycles. The van der Waals surface area contributed by atoms with Crippen LogP contribution >= 0.6 is 27.5 Å². The highest BCUT2D eigenvalue weighted by Crippen LogP contribution is 2.26. The number of anilines is 3. The van der Waals surface area contributed by atoms with Gasteiger partial charge in [0, 0.05) is 11.9 Å². The lowest BCUT2D eigenvalue weighted by Gasteiger charge is -2.20. The van der Waals surface area contributed by atoms with Crippen molar-refractivity contribution in [2.75, 3.05) is 10.6 Å². The van der Waals surface area contributed by atoms with Crippen molar-refractivity contribution in [3.63, 3.8) is 0 Å². The van der Waals surface area contributed by atoms with Crippen molar-refractivity contribution in [1.29, 1.82) is 0 Å². The number of carbonyl (C=O) groups is 1. The SMILES string of the molecule is CC(C)(C)OC(=O)n1c(CNc2nc(Nc3ccc(F)c(Cl)c3)ncc2Br)nc2ccccc21. The quantitative estimate of drug-likeness (QED) is 0.294. The molecular formula is C23H21BrClFN6O2. The molecule has 0 saturated heterocycles. The molecule has 0 saturated carbocycles. The summed E-state index contributed by atoms with van der Waals surface area (Å²) in [5.74, 6) is 0.683. The molecule has 0 aliphatic rings. The lowest BCUT2D eigenvalue weighted by Crippen LogP contribution is -2.28. The van der Waals surface area contributed by atoms with Crippen LogP contribution in [-0.4, -0.2) is 31.2 Å². The summed E-state index contributed by atoms with van der Waals surface area (Å²) < 4.78 is 21.1. The Hall–Kier alpha value is -3.24. The zero-order valence-electron chi connectivity index (χ0n) is 18.6. The monoisotopic (exact) mass is 546 g/mol. The van der Waals surface area contributed by atoms with E-state index in [9.17, 15) is 9.18 Å². The van der Waals surface area contributed by atoms with Gasteiger partial charge in [0.15, 0.2) is 0 Å². The Morgan fingerprint density at radius 1 is 1.21 bits per heavy atom. The van der Waals surface area contributed by atoms with E-state index in [2.05, 4.69) is 41.5 Å². The number of nitrogens with one attached hydrogen (secondary N) is 2. The van der Waals surface area contributed by atoms with Crippen LogP contribution in [0.3, 0.4) is 0 Å². The Bertz CT molecular complexity index is 1370. The van der Waals surface area contributed by atoms with E-state index in [1.165, 1.54) is 22.8 Å². The number of fused-ring (bicyclic) bond motifs is 1. The summed E-state index contributed by atoms with van der Waals surface area (Å²) in [5.41, 5.74) is 1.19. The lowest BCUT2D eigenvalue weighted by atomic mass is 10.2. The van der Waals surface area contributed by atoms with Crippen molar-refractivity contribution in [3.8, 4) is 0 Å². The number of ether oxygens (including phenoxy) is 1. The predicted octanol–water partition coefficient (Wildman–Crippen LogP) is 6.52. The Morgan fingerprint density at radius 2 is 1.97 bits per heavy atom. The van der Waals surface area contributed by atoms with Crippen LogP contribution in [0.1, 0.15) is 26.6 Å². The standard InChI is InChI=1S/C23H21BrClFN6O2/c1-23(2,3)34-22(33)32-18-7-5-4-6-17(18)30-19(32)12-27-20-14(24)11-28-21(31-20)29-13-8-9-16(26)15(25)10-13/h4-11H,12H2,1-3H3,(H2,27,28,29,31). The maximum Gasteiger partial charge on any atom is 0.420 e. The second-order valence-electron chi connectivity index (χ2n) is 8.33. The molecule has 8 nitrogen and oxygen atoms in total. The molecule has 4 rings (SSSR count). The summed E-state index contributed by atoms with van der Waals surface area (Å²) in [6.45, 7) is 5.61. The van der Waals surface area contributed by atoms with Gasteiger partial charge in [-0.15, -0.1) is 0 Å². The first-order chi connectivity index (χ1) is 16.1. The average Bonchev–Trinajstić information content (AvgIpc) is 3.14. The molecule has 0 aliphatic heterocycles. The highest BCUT2D eigenvalue weighted by molar-refractivity contribution is 9.10. The third kappa shape index (κ3) is 5.45. The van der Waals surface area contributed by atoms with E-state index >= 15 is 0 Å². The number of rotatable bonds is 5. The molecule has 0 amide bonds. The molecule has 2 aromatic heterocycles. The number of halogens is 3. The first-order valence-electron chi connectivity index (χ1n) is 10.3. The zero-order chi connectivity index (χ0) is 24.5. The second-order valence-corrected chi connectivity index (χ2v) is 9.59. The molecule has 0 bridgehead atoms. The van der Waals surface area contributed by atoms with Crippen LogP contribution in [0.4, 0.5) is 26.6 Å². The van der Waals surface area contributed by atoms with Gasteiger partial charge in [-0.05, 0) is 67.0 Å². The van der Waals surface area contributed by atoms with Crippen molar-refractivity contribution < 1.29 is 13.9 Å². The molecule has 0 radical (unpaired) electrons. The van der Waals surface area contributed by atoms with Crippen LogP contribution in [0.25, 0.3) is 11.0 Å². The fraction of sp³-hybridized carbons (Fsp3) is 0.217. The number of nitrogens with zero attached hydrogens (tertiary/aromatic N) is 4. The highest BCUT2D eigenvalue weighted by Gasteiger charge is 2.23. The van der Waals surface area contributed by atoms with Gasteiger partial charge in [-0.1, -0.05) is 23.7 Å². The van der Waals surface area contributed by atoms with Gasteiger partial charge >= 0.3 is 6.09 Å². The normalized spacial score (nSPS) is 11.5. The summed E-state index contributed by atoms with van der Waals surface area (Å²) in [7, 11) is 0. The average molecular weight is 548 g/mol. The predicted molar refractivity (Wildman–Crippen MR) is 133 cm³/mol. The van der Waals surface area contributed by atoms with E-state index in [4.69, 9.17) is 16.3 Å². The van der Waals surface area contributed by atoms with Gasteiger partial charge < -0.3 is 15.4 Å². The van der Waals surface area contributed by atoms with E-state index in [1.807, 2.05) is 45.0 Å². The molecule has 2 aromatic carbocycles. The van der Waals surface area contributed by atoms with Gasteiger partial charge in [0.05, 0.1) is 27.1 Å². The van der Waals surface area contributed by atoms with E-state index in [0.717, 1.165) is 0 Å². The van der Waals surface area contributed by atoms with Crippen LogP contribution in [0, 0.1) is 5.82 Å². The van der Waals surface area contributed by atoms with Crippen LogP contribution in [0.5, 0.6) is 0 Å². The highest BCUT2D eigenvalue weighted by atomic mass is 79.9. The summed E-state index contributed by atoms with van der Waals surface area (Å²) in [6, 6.07) is 11.6. The Balaban J connectivity index is 1.59. The minimum Gasteiger partial charge on any atom is -0.443 e. The maximum atomic E-state index is 13.4. The molecule has 2 N–H and O–H groups in total. The largest absolute Gasteiger partial charge is 0.443 e. The van der Waals surface area contributed by atoms with Gasteiger partial charge in [-0.2, -0.15) is 4.98 Å². The number of hydrogen-bond donors (Lipinski definition) is 2. The van der Waals surface area contributed by atoms with Crippen molar-refractivity contribution in [1.82, 2.24) is 19.5 Å². The van der Waals surface area contributed by atoms with Crippen LogP contribution in [0.15, 0.2) is 53.1 Å². The van der Waals surface area contributed by atoms with Crippen molar-refractivity contribution >= 4 is 62.1 Å². The number of hydrogen-bond acceptors (Lipinski definition) is 7. The smallest absolute Gasteiger partial charge is 0.420 e.